The van der Waals surface area contributed by atoms with Crippen LogP contribution in [0, 0.1) is 5.92 Å². The van der Waals surface area contributed by atoms with Crippen LogP contribution in [0.1, 0.15) is 58.4 Å². The molecular weight excluding hydrogens is 456 g/mol. The van der Waals surface area contributed by atoms with Gasteiger partial charge in [-0.05, 0) is 74.6 Å². The lowest BCUT2D eigenvalue weighted by atomic mass is 9.87. The molecule has 1 aromatic rings. The zero-order valence-electron chi connectivity index (χ0n) is 20.0. The van der Waals surface area contributed by atoms with E-state index in [1.54, 1.807) is 12.1 Å². The number of benzene rings is 1. The van der Waals surface area contributed by atoms with Crippen LogP contribution in [0.5, 0.6) is 0 Å². The number of rotatable bonds is 7. The van der Waals surface area contributed by atoms with Crippen molar-refractivity contribution in [2.45, 2.75) is 70.2 Å². The molecular formula is C24H34N4O5S. The van der Waals surface area contributed by atoms with Gasteiger partial charge in [-0.1, -0.05) is 26.0 Å². The molecule has 34 heavy (non-hydrogen) atoms. The zero-order chi connectivity index (χ0) is 24.9. The smallest absolute Gasteiger partial charge is 0.328 e. The number of carbonyl (C=O) groups excluding carboxylic acids is 3. The summed E-state index contributed by atoms with van der Waals surface area (Å²) < 4.78 is 27.5. The number of hydrogen-bond donors (Lipinski definition) is 3. The van der Waals surface area contributed by atoms with Gasteiger partial charge in [0.1, 0.15) is 0 Å². The lowest BCUT2D eigenvalue weighted by Crippen LogP contribution is -2.45. The van der Waals surface area contributed by atoms with Gasteiger partial charge in [-0.3, -0.25) is 9.69 Å². The van der Waals surface area contributed by atoms with Crippen molar-refractivity contribution in [1.82, 2.24) is 20.3 Å². The monoisotopic (exact) mass is 490 g/mol. The Hall–Kier alpha value is -2.88. The number of sulfonamides is 1. The summed E-state index contributed by atoms with van der Waals surface area (Å²) in [6.07, 6.45) is 4.66. The van der Waals surface area contributed by atoms with Gasteiger partial charge in [0.25, 0.3) is 15.9 Å². The summed E-state index contributed by atoms with van der Waals surface area (Å²) in [6, 6.07) is 5.04. The highest BCUT2D eigenvalue weighted by Crippen LogP contribution is 2.23. The molecule has 0 atom stereocenters. The van der Waals surface area contributed by atoms with Gasteiger partial charge in [-0.15, -0.1) is 0 Å². The second-order valence-corrected chi connectivity index (χ2v) is 10.9. The maximum absolute atomic E-state index is 12.7. The van der Waals surface area contributed by atoms with E-state index in [-0.39, 0.29) is 29.9 Å². The zero-order valence-corrected chi connectivity index (χ0v) is 20.8. The molecule has 186 valence electrons. The summed E-state index contributed by atoms with van der Waals surface area (Å²) >= 11 is 0. The molecule has 1 heterocycles. The molecule has 0 radical (unpaired) electrons. The van der Waals surface area contributed by atoms with Crippen LogP contribution in [0.3, 0.4) is 0 Å². The predicted octanol–water partition coefficient (Wildman–Crippen LogP) is 3.07. The molecule has 0 bridgehead atoms. The van der Waals surface area contributed by atoms with Crippen molar-refractivity contribution in [1.29, 1.82) is 0 Å². The lowest BCUT2D eigenvalue weighted by Gasteiger charge is -2.26. The van der Waals surface area contributed by atoms with Crippen LogP contribution in [0.15, 0.2) is 40.3 Å². The second-order valence-electron chi connectivity index (χ2n) is 9.17. The number of carbonyl (C=O) groups is 3. The van der Waals surface area contributed by atoms with Crippen LogP contribution in [0.4, 0.5) is 9.59 Å². The van der Waals surface area contributed by atoms with E-state index in [4.69, 9.17) is 0 Å². The summed E-state index contributed by atoms with van der Waals surface area (Å²) in [4.78, 5) is 38.1. The van der Waals surface area contributed by atoms with Gasteiger partial charge in [0.15, 0.2) is 0 Å². The van der Waals surface area contributed by atoms with Gasteiger partial charge < -0.3 is 10.6 Å². The van der Waals surface area contributed by atoms with E-state index < -0.39 is 22.1 Å². The third kappa shape index (κ3) is 6.37. The van der Waals surface area contributed by atoms with Gasteiger partial charge in [-0.25, -0.2) is 22.7 Å². The number of imide groups is 1. The number of amides is 5. The van der Waals surface area contributed by atoms with E-state index in [1.807, 2.05) is 13.8 Å². The van der Waals surface area contributed by atoms with Crippen molar-refractivity contribution in [3.05, 3.63) is 41.0 Å². The molecule has 1 saturated carbocycles. The maximum atomic E-state index is 12.7. The van der Waals surface area contributed by atoms with Crippen LogP contribution < -0.4 is 15.4 Å². The average molecular weight is 491 g/mol. The van der Waals surface area contributed by atoms with E-state index in [9.17, 15) is 22.8 Å². The Kier molecular flexibility index (Phi) is 8.35. The molecule has 1 aliphatic carbocycles. The Morgan fingerprint density at radius 3 is 2.50 bits per heavy atom. The first-order chi connectivity index (χ1) is 16.1. The van der Waals surface area contributed by atoms with E-state index in [1.165, 1.54) is 17.0 Å². The quantitative estimate of drug-likeness (QED) is 0.542. The molecule has 9 nitrogen and oxygen atoms in total. The SMILES string of the molecule is CCC1=C(C)CN(C(=O)NCCc2cccc(S(=O)(=O)NC(=O)NC3CCC(C)CC3)c2)C1=O. The van der Waals surface area contributed by atoms with Crippen molar-refractivity contribution < 1.29 is 22.8 Å². The van der Waals surface area contributed by atoms with Crippen LogP contribution >= 0.6 is 0 Å². The van der Waals surface area contributed by atoms with Crippen molar-refractivity contribution in [2.75, 3.05) is 13.1 Å². The highest BCUT2D eigenvalue weighted by atomic mass is 32.2. The van der Waals surface area contributed by atoms with Gasteiger partial charge >= 0.3 is 12.1 Å². The third-order valence-electron chi connectivity index (χ3n) is 6.49. The van der Waals surface area contributed by atoms with Crippen molar-refractivity contribution in [2.24, 2.45) is 5.92 Å². The third-order valence-corrected chi connectivity index (χ3v) is 7.82. The van der Waals surface area contributed by atoms with Gasteiger partial charge in [0.05, 0.1) is 11.4 Å². The second kappa shape index (κ2) is 11.0. The fourth-order valence-electron chi connectivity index (χ4n) is 4.44. The van der Waals surface area contributed by atoms with Crippen LogP contribution in [-0.4, -0.2) is 50.4 Å². The molecule has 10 heteroatoms. The molecule has 0 spiro atoms. The first-order valence-corrected chi connectivity index (χ1v) is 13.3. The molecule has 5 amide bonds. The minimum absolute atomic E-state index is 0.0174. The predicted molar refractivity (Wildman–Crippen MR) is 129 cm³/mol. The molecule has 1 fully saturated rings. The van der Waals surface area contributed by atoms with E-state index in [0.29, 0.717) is 29.9 Å². The summed E-state index contributed by atoms with van der Waals surface area (Å²) in [7, 11) is -4.03. The molecule has 3 rings (SSSR count). The van der Waals surface area contributed by atoms with E-state index in [2.05, 4.69) is 22.3 Å². The first-order valence-electron chi connectivity index (χ1n) is 11.8. The topological polar surface area (TPSA) is 125 Å². The van der Waals surface area contributed by atoms with E-state index in [0.717, 1.165) is 31.3 Å². The molecule has 0 aromatic heterocycles. The molecule has 2 aliphatic rings. The van der Waals surface area contributed by atoms with Gasteiger partial charge in [0, 0.05) is 18.2 Å². The highest BCUT2D eigenvalue weighted by Gasteiger charge is 2.31. The summed E-state index contributed by atoms with van der Waals surface area (Å²) in [5, 5.41) is 5.47. The van der Waals surface area contributed by atoms with Crippen molar-refractivity contribution in [3.8, 4) is 0 Å². The van der Waals surface area contributed by atoms with Gasteiger partial charge in [0.2, 0.25) is 0 Å². The Bertz CT molecular complexity index is 1070. The number of urea groups is 2. The summed E-state index contributed by atoms with van der Waals surface area (Å²) in [5.74, 6) is 0.362. The number of hydrogen-bond acceptors (Lipinski definition) is 5. The molecule has 3 N–H and O–H groups in total. The molecule has 0 unspecified atom stereocenters. The Morgan fingerprint density at radius 2 is 1.85 bits per heavy atom. The fourth-order valence-corrected chi connectivity index (χ4v) is 5.43. The minimum atomic E-state index is -4.03. The van der Waals surface area contributed by atoms with Crippen LogP contribution in [0.25, 0.3) is 0 Å². The average Bonchev–Trinajstić information content (AvgIpc) is 3.08. The van der Waals surface area contributed by atoms with Crippen molar-refractivity contribution >= 4 is 28.0 Å². The number of nitrogens with zero attached hydrogens (tertiary/aromatic N) is 1. The highest BCUT2D eigenvalue weighted by molar-refractivity contribution is 7.90. The Labute approximate surface area is 201 Å². The molecule has 1 aliphatic heterocycles. The minimum Gasteiger partial charge on any atom is -0.337 e. The largest absolute Gasteiger partial charge is 0.337 e. The Morgan fingerprint density at radius 1 is 1.15 bits per heavy atom. The standard InChI is InChI=1S/C24H34N4O5S/c1-4-21-17(3)15-28(22(21)29)24(31)25-13-12-18-6-5-7-20(14-18)34(32,33)27-23(30)26-19-10-8-16(2)9-11-19/h5-7,14,16,19H,4,8-13,15H2,1-3H3,(H,25,31)(H2,26,27,30). The first kappa shape index (κ1) is 25.7. The van der Waals surface area contributed by atoms with Crippen LogP contribution in [0.2, 0.25) is 0 Å². The lowest BCUT2D eigenvalue weighted by molar-refractivity contribution is -0.123. The van der Waals surface area contributed by atoms with Crippen LogP contribution in [-0.2, 0) is 21.2 Å². The van der Waals surface area contributed by atoms with Crippen molar-refractivity contribution in [3.63, 3.8) is 0 Å². The fraction of sp³-hybridized carbons (Fsp3) is 0.542. The normalized spacial score (nSPS) is 20.9. The number of nitrogens with one attached hydrogen (secondary N) is 3. The summed E-state index contributed by atoms with van der Waals surface area (Å²) in [6.45, 7) is 6.43. The molecule has 0 saturated heterocycles. The van der Waals surface area contributed by atoms with Gasteiger partial charge in [-0.2, -0.15) is 0 Å². The van der Waals surface area contributed by atoms with E-state index >= 15 is 0 Å². The summed E-state index contributed by atoms with van der Waals surface area (Å²) in [5.41, 5.74) is 2.25. The molecule has 1 aromatic carbocycles. The maximum Gasteiger partial charge on any atom is 0.328 e. The Balaban J connectivity index is 1.51.